The molecule has 0 aromatic heterocycles. The Morgan fingerprint density at radius 2 is 1.71 bits per heavy atom. The summed E-state index contributed by atoms with van der Waals surface area (Å²) in [6.07, 6.45) is 0. The van der Waals surface area contributed by atoms with Crippen molar-refractivity contribution in [2.24, 2.45) is 0 Å². The van der Waals surface area contributed by atoms with Crippen LogP contribution in [0.1, 0.15) is 11.1 Å². The fourth-order valence-electron chi connectivity index (χ4n) is 3.49. The van der Waals surface area contributed by atoms with Gasteiger partial charge in [0.25, 0.3) is 5.91 Å². The highest BCUT2D eigenvalue weighted by Crippen LogP contribution is 2.24. The van der Waals surface area contributed by atoms with Crippen LogP contribution in [0.5, 0.6) is 0 Å². The van der Waals surface area contributed by atoms with Gasteiger partial charge in [-0.2, -0.15) is 4.31 Å². The summed E-state index contributed by atoms with van der Waals surface area (Å²) in [4.78, 5) is 13.6. The number of hydrogen-bond donors (Lipinski definition) is 2. The largest absolute Gasteiger partial charge is 0.325 e. The van der Waals surface area contributed by atoms with Crippen molar-refractivity contribution >= 4 is 33.2 Å². The van der Waals surface area contributed by atoms with Gasteiger partial charge in [-0.3, -0.25) is 4.79 Å². The number of benzene rings is 2. The molecule has 0 aliphatic carbocycles. The minimum Gasteiger partial charge on any atom is -0.325 e. The van der Waals surface area contributed by atoms with Gasteiger partial charge < -0.3 is 10.2 Å². The Balaban J connectivity index is 1.56. The van der Waals surface area contributed by atoms with E-state index in [0.717, 1.165) is 21.7 Å². The lowest BCUT2D eigenvalue weighted by atomic mass is 10.1. The molecule has 1 amide bonds. The number of hydrogen-bond acceptors (Lipinski definition) is 3. The predicted octanol–water partition coefficient (Wildman–Crippen LogP) is 1.48. The first-order chi connectivity index (χ1) is 13.3. The van der Waals surface area contributed by atoms with Gasteiger partial charge in [0.1, 0.15) is 4.90 Å². The highest BCUT2D eigenvalue weighted by Gasteiger charge is 2.32. The minimum absolute atomic E-state index is 0.0672. The van der Waals surface area contributed by atoms with E-state index in [1.165, 1.54) is 10.4 Å². The molecule has 2 aromatic carbocycles. The first kappa shape index (κ1) is 20.8. The van der Waals surface area contributed by atoms with Gasteiger partial charge in [-0.25, -0.2) is 8.42 Å². The smallest absolute Gasteiger partial charge is 0.279 e. The topological polar surface area (TPSA) is 70.9 Å². The van der Waals surface area contributed by atoms with Gasteiger partial charge in [-0.15, -0.1) is 0 Å². The molecule has 1 aliphatic heterocycles. The third-order valence-corrected chi connectivity index (χ3v) is 7.20. The molecule has 8 heteroatoms. The van der Waals surface area contributed by atoms with E-state index in [-0.39, 0.29) is 15.8 Å². The maximum Gasteiger partial charge on any atom is 0.279 e. The molecule has 0 radical (unpaired) electrons. The molecule has 1 heterocycles. The maximum atomic E-state index is 12.8. The first-order valence-electron chi connectivity index (χ1n) is 9.22. The number of quaternary nitrogens is 1. The van der Waals surface area contributed by atoms with Crippen LogP contribution in [0.4, 0.5) is 5.69 Å². The van der Waals surface area contributed by atoms with Crippen LogP contribution in [0.3, 0.4) is 0 Å². The fourth-order valence-corrected chi connectivity index (χ4v) is 5.43. The lowest BCUT2D eigenvalue weighted by Crippen LogP contribution is -3.15. The Morgan fingerprint density at radius 3 is 2.32 bits per heavy atom. The van der Waals surface area contributed by atoms with Crippen LogP contribution in [-0.4, -0.2) is 51.4 Å². The molecular formula is C20H25ClN3O3S+. The van der Waals surface area contributed by atoms with Gasteiger partial charge in [0.05, 0.1) is 31.2 Å². The van der Waals surface area contributed by atoms with Gasteiger partial charge in [0, 0.05) is 5.69 Å². The summed E-state index contributed by atoms with van der Waals surface area (Å²) in [5, 5.41) is 3.16. The predicted molar refractivity (Wildman–Crippen MR) is 110 cm³/mol. The van der Waals surface area contributed by atoms with E-state index in [1.807, 2.05) is 26.0 Å². The average molecular weight is 423 g/mol. The Bertz CT molecular complexity index is 950. The Morgan fingerprint density at radius 1 is 1.11 bits per heavy atom. The number of anilines is 1. The number of piperazine rings is 1. The molecule has 6 nitrogen and oxygen atoms in total. The number of nitrogens with one attached hydrogen (secondary N) is 2. The third-order valence-electron chi connectivity index (χ3n) is 4.80. The molecule has 1 saturated heterocycles. The van der Waals surface area contributed by atoms with Crippen LogP contribution in [0, 0.1) is 13.8 Å². The molecule has 0 unspecified atom stereocenters. The van der Waals surface area contributed by atoms with Crippen molar-refractivity contribution in [1.29, 1.82) is 0 Å². The van der Waals surface area contributed by atoms with E-state index < -0.39 is 10.0 Å². The van der Waals surface area contributed by atoms with Crippen LogP contribution in [-0.2, 0) is 14.8 Å². The van der Waals surface area contributed by atoms with Crippen molar-refractivity contribution in [1.82, 2.24) is 4.31 Å². The van der Waals surface area contributed by atoms with Gasteiger partial charge >= 0.3 is 0 Å². The standard InChI is InChI=1S/C20H24ClN3O3S/c1-15-11-16(2)13-17(12-15)22-20(25)14-23-7-9-24(10-8-23)28(26,27)19-6-4-3-5-18(19)21/h3-6,11-13H,7-10,14H2,1-2H3,(H,22,25)/p+1. The maximum absolute atomic E-state index is 12.8. The van der Waals surface area contributed by atoms with E-state index in [1.54, 1.807) is 18.2 Å². The molecule has 28 heavy (non-hydrogen) atoms. The highest BCUT2D eigenvalue weighted by atomic mass is 35.5. The fraction of sp³-hybridized carbons (Fsp3) is 0.350. The lowest BCUT2D eigenvalue weighted by molar-refractivity contribution is -0.895. The van der Waals surface area contributed by atoms with Crippen LogP contribution in [0.15, 0.2) is 47.4 Å². The second-order valence-electron chi connectivity index (χ2n) is 7.19. The highest BCUT2D eigenvalue weighted by molar-refractivity contribution is 7.89. The summed E-state index contributed by atoms with van der Waals surface area (Å²) in [5.74, 6) is -0.0672. The van der Waals surface area contributed by atoms with Crippen LogP contribution >= 0.6 is 11.6 Å². The van der Waals surface area contributed by atoms with Crippen LogP contribution in [0.25, 0.3) is 0 Å². The summed E-state index contributed by atoms with van der Waals surface area (Å²) in [5.41, 5.74) is 2.99. The van der Waals surface area contributed by atoms with Crippen molar-refractivity contribution in [2.75, 3.05) is 38.0 Å². The third kappa shape index (κ3) is 4.91. The van der Waals surface area contributed by atoms with Crippen molar-refractivity contribution in [3.05, 3.63) is 58.6 Å². The summed E-state index contributed by atoms with van der Waals surface area (Å²) in [6.45, 7) is 6.17. The van der Waals surface area contributed by atoms with Gasteiger partial charge in [0.15, 0.2) is 6.54 Å². The van der Waals surface area contributed by atoms with Crippen molar-refractivity contribution in [3.8, 4) is 0 Å². The Hall–Kier alpha value is -1.93. The average Bonchev–Trinajstić information content (AvgIpc) is 2.61. The molecular weight excluding hydrogens is 398 g/mol. The zero-order valence-corrected chi connectivity index (χ0v) is 17.6. The van der Waals surface area contributed by atoms with E-state index >= 15 is 0 Å². The minimum atomic E-state index is -3.62. The number of sulfonamides is 1. The molecule has 2 aromatic rings. The van der Waals surface area contributed by atoms with Gasteiger partial charge in [-0.05, 0) is 49.2 Å². The molecule has 0 spiro atoms. The Labute approximate surface area is 171 Å². The molecule has 0 saturated carbocycles. The van der Waals surface area contributed by atoms with E-state index in [2.05, 4.69) is 11.4 Å². The molecule has 1 aliphatic rings. The number of carbonyl (C=O) groups is 1. The molecule has 3 rings (SSSR count). The van der Waals surface area contributed by atoms with Gasteiger partial charge in [-0.1, -0.05) is 29.8 Å². The van der Waals surface area contributed by atoms with Crippen LogP contribution < -0.4 is 10.2 Å². The quantitative estimate of drug-likeness (QED) is 0.766. The van der Waals surface area contributed by atoms with Crippen molar-refractivity contribution in [2.45, 2.75) is 18.7 Å². The summed E-state index contributed by atoms with van der Waals surface area (Å²) >= 11 is 6.06. The lowest BCUT2D eigenvalue weighted by Gasteiger charge is -2.31. The Kier molecular flexibility index (Phi) is 6.40. The zero-order chi connectivity index (χ0) is 20.3. The molecule has 1 fully saturated rings. The van der Waals surface area contributed by atoms with Gasteiger partial charge in [0.2, 0.25) is 10.0 Å². The van der Waals surface area contributed by atoms with Crippen molar-refractivity contribution in [3.63, 3.8) is 0 Å². The number of carbonyl (C=O) groups excluding carboxylic acids is 1. The molecule has 150 valence electrons. The van der Waals surface area contributed by atoms with Crippen LogP contribution in [0.2, 0.25) is 5.02 Å². The van der Waals surface area contributed by atoms with E-state index in [4.69, 9.17) is 11.6 Å². The summed E-state index contributed by atoms with van der Waals surface area (Å²) in [7, 11) is -3.62. The number of aryl methyl sites for hydroxylation is 2. The molecule has 0 bridgehead atoms. The van der Waals surface area contributed by atoms with E-state index in [0.29, 0.717) is 32.7 Å². The number of rotatable bonds is 5. The molecule has 0 atom stereocenters. The monoisotopic (exact) mass is 422 g/mol. The number of amides is 1. The normalized spacial score (nSPS) is 16.1. The first-order valence-corrected chi connectivity index (χ1v) is 11.0. The van der Waals surface area contributed by atoms with E-state index in [9.17, 15) is 13.2 Å². The summed E-state index contributed by atoms with van der Waals surface area (Å²) < 4.78 is 27.0. The second kappa shape index (κ2) is 8.61. The van der Waals surface area contributed by atoms with Crippen molar-refractivity contribution < 1.29 is 18.1 Å². The zero-order valence-electron chi connectivity index (χ0n) is 16.0. The summed E-state index contributed by atoms with van der Waals surface area (Å²) in [6, 6.07) is 12.4. The number of nitrogens with zero attached hydrogens (tertiary/aromatic N) is 1. The molecule has 2 N–H and O–H groups in total. The number of halogens is 1. The second-order valence-corrected chi connectivity index (χ2v) is 9.50. The SMILES string of the molecule is Cc1cc(C)cc(NC(=O)C[NH+]2CCN(S(=O)(=O)c3ccccc3Cl)CC2)c1.